The summed E-state index contributed by atoms with van der Waals surface area (Å²) < 4.78 is 25.0. The molecule has 4 aromatic rings. The van der Waals surface area contributed by atoms with E-state index in [1.807, 2.05) is 13.0 Å². The van der Waals surface area contributed by atoms with Crippen LogP contribution in [-0.4, -0.2) is 25.7 Å². The highest BCUT2D eigenvalue weighted by Gasteiger charge is 2.14. The molecule has 152 valence electrons. The van der Waals surface area contributed by atoms with Crippen molar-refractivity contribution >= 4 is 16.9 Å². The summed E-state index contributed by atoms with van der Waals surface area (Å²) in [6.07, 6.45) is 1.32. The molecule has 0 N–H and O–H groups in total. The zero-order valence-corrected chi connectivity index (χ0v) is 16.3. The Morgan fingerprint density at radius 1 is 1.20 bits per heavy atom. The molecule has 0 saturated heterocycles. The summed E-state index contributed by atoms with van der Waals surface area (Å²) in [4.78, 5) is 33.0. The molecule has 0 aliphatic carbocycles. The summed E-state index contributed by atoms with van der Waals surface area (Å²) in [7, 11) is 0. The Labute approximate surface area is 169 Å². The van der Waals surface area contributed by atoms with E-state index in [0.717, 1.165) is 5.56 Å². The highest BCUT2D eigenvalue weighted by Crippen LogP contribution is 2.19. The Morgan fingerprint density at radius 2 is 2.03 bits per heavy atom. The minimum Gasteiger partial charge on any atom is -0.454 e. The van der Waals surface area contributed by atoms with Crippen LogP contribution in [-0.2, 0) is 22.7 Å². The topological polar surface area (TPSA) is 100 Å². The van der Waals surface area contributed by atoms with Crippen LogP contribution in [0.3, 0.4) is 0 Å². The zero-order valence-electron chi connectivity index (χ0n) is 16.3. The third kappa shape index (κ3) is 3.82. The number of benzene rings is 2. The number of aryl methyl sites for hydroxylation is 2. The standard InChI is InChI=1S/C21H17FN4O4/c1-12-6-7-14(8-16(12)22)20-24-17(30-25-20)10-29-18(27)9-26-11-23-19-13(2)4-3-5-15(19)21(26)28/h3-8,11H,9-10H2,1-2H3. The molecule has 2 heterocycles. The lowest BCUT2D eigenvalue weighted by Gasteiger charge is -2.07. The molecule has 0 amide bonds. The van der Waals surface area contributed by atoms with E-state index in [0.29, 0.717) is 22.0 Å². The van der Waals surface area contributed by atoms with Crippen LogP contribution in [0, 0.1) is 19.7 Å². The fourth-order valence-electron chi connectivity index (χ4n) is 2.94. The van der Waals surface area contributed by atoms with E-state index in [1.165, 1.54) is 17.0 Å². The van der Waals surface area contributed by atoms with E-state index in [4.69, 9.17) is 9.26 Å². The van der Waals surface area contributed by atoms with Crippen molar-refractivity contribution in [2.75, 3.05) is 0 Å². The molecular weight excluding hydrogens is 391 g/mol. The Hall–Kier alpha value is -3.88. The van der Waals surface area contributed by atoms with Crippen molar-refractivity contribution in [1.29, 1.82) is 0 Å². The van der Waals surface area contributed by atoms with Gasteiger partial charge in [0.1, 0.15) is 12.4 Å². The van der Waals surface area contributed by atoms with Crippen molar-refractivity contribution in [2.45, 2.75) is 27.0 Å². The third-order valence-corrected chi connectivity index (χ3v) is 4.61. The Kier molecular flexibility index (Phi) is 5.09. The smallest absolute Gasteiger partial charge is 0.326 e. The summed E-state index contributed by atoms with van der Waals surface area (Å²) in [6, 6.07) is 9.86. The number of carbonyl (C=O) groups is 1. The van der Waals surface area contributed by atoms with Crippen molar-refractivity contribution in [1.82, 2.24) is 19.7 Å². The molecule has 30 heavy (non-hydrogen) atoms. The summed E-state index contributed by atoms with van der Waals surface area (Å²) in [5.41, 5.74) is 2.09. The second-order valence-electron chi connectivity index (χ2n) is 6.79. The number of nitrogens with zero attached hydrogens (tertiary/aromatic N) is 4. The number of rotatable bonds is 5. The number of fused-ring (bicyclic) bond motifs is 1. The molecule has 0 radical (unpaired) electrons. The number of hydrogen-bond donors (Lipinski definition) is 0. The van der Waals surface area contributed by atoms with Gasteiger partial charge >= 0.3 is 5.97 Å². The van der Waals surface area contributed by atoms with Crippen LogP contribution in [0.15, 0.2) is 52.0 Å². The molecule has 8 nitrogen and oxygen atoms in total. The van der Waals surface area contributed by atoms with Crippen molar-refractivity contribution in [2.24, 2.45) is 0 Å². The molecule has 0 saturated carbocycles. The van der Waals surface area contributed by atoms with E-state index in [2.05, 4.69) is 15.1 Å². The lowest BCUT2D eigenvalue weighted by Crippen LogP contribution is -2.25. The summed E-state index contributed by atoms with van der Waals surface area (Å²) >= 11 is 0. The van der Waals surface area contributed by atoms with Crippen LogP contribution in [0.25, 0.3) is 22.3 Å². The van der Waals surface area contributed by atoms with Gasteiger partial charge in [0, 0.05) is 5.56 Å². The number of esters is 1. The Bertz CT molecular complexity index is 1310. The maximum absolute atomic E-state index is 13.7. The number of carbonyl (C=O) groups excluding carboxylic acids is 1. The van der Waals surface area contributed by atoms with E-state index in [1.54, 1.807) is 31.2 Å². The molecule has 0 bridgehead atoms. The number of para-hydroxylation sites is 1. The zero-order chi connectivity index (χ0) is 21.3. The van der Waals surface area contributed by atoms with E-state index in [9.17, 15) is 14.0 Å². The van der Waals surface area contributed by atoms with Gasteiger partial charge in [-0.15, -0.1) is 0 Å². The first kappa shape index (κ1) is 19.4. The minimum absolute atomic E-state index is 0.0546. The molecule has 0 unspecified atom stereocenters. The molecule has 0 atom stereocenters. The predicted molar refractivity (Wildman–Crippen MR) is 105 cm³/mol. The van der Waals surface area contributed by atoms with Crippen molar-refractivity contribution < 1.29 is 18.4 Å². The van der Waals surface area contributed by atoms with Crippen molar-refractivity contribution in [3.8, 4) is 11.4 Å². The molecular formula is C21H17FN4O4. The summed E-state index contributed by atoms with van der Waals surface area (Å²) in [5, 5.41) is 4.19. The van der Waals surface area contributed by atoms with Crippen LogP contribution in [0.4, 0.5) is 4.39 Å². The first-order chi connectivity index (χ1) is 14.4. The van der Waals surface area contributed by atoms with Crippen molar-refractivity contribution in [3.05, 3.63) is 75.9 Å². The van der Waals surface area contributed by atoms with Gasteiger partial charge in [0.25, 0.3) is 11.4 Å². The normalized spacial score (nSPS) is 11.0. The molecule has 4 rings (SSSR count). The summed E-state index contributed by atoms with van der Waals surface area (Å²) in [6.45, 7) is 2.93. The minimum atomic E-state index is -0.660. The monoisotopic (exact) mass is 408 g/mol. The molecule has 2 aromatic carbocycles. The summed E-state index contributed by atoms with van der Waals surface area (Å²) in [5.74, 6) is -0.800. The molecule has 0 aliphatic heterocycles. The average molecular weight is 408 g/mol. The average Bonchev–Trinajstić information content (AvgIpc) is 3.20. The van der Waals surface area contributed by atoms with Gasteiger partial charge in [0.05, 0.1) is 17.2 Å². The number of ether oxygens (including phenoxy) is 1. The first-order valence-corrected chi connectivity index (χ1v) is 9.12. The molecule has 0 spiro atoms. The lowest BCUT2D eigenvalue weighted by atomic mass is 10.1. The van der Waals surface area contributed by atoms with Gasteiger partial charge in [-0.2, -0.15) is 4.98 Å². The van der Waals surface area contributed by atoms with Gasteiger partial charge in [0.2, 0.25) is 5.82 Å². The molecule has 0 fully saturated rings. The van der Waals surface area contributed by atoms with Gasteiger partial charge in [0.15, 0.2) is 6.61 Å². The van der Waals surface area contributed by atoms with Gasteiger partial charge in [-0.1, -0.05) is 29.4 Å². The fourth-order valence-corrected chi connectivity index (χ4v) is 2.94. The Morgan fingerprint density at radius 3 is 2.83 bits per heavy atom. The van der Waals surface area contributed by atoms with Gasteiger partial charge in [-0.25, -0.2) is 9.37 Å². The van der Waals surface area contributed by atoms with Crippen LogP contribution in [0.1, 0.15) is 17.0 Å². The third-order valence-electron chi connectivity index (χ3n) is 4.61. The number of halogens is 1. The van der Waals surface area contributed by atoms with E-state index >= 15 is 0 Å². The second-order valence-corrected chi connectivity index (χ2v) is 6.79. The lowest BCUT2D eigenvalue weighted by molar-refractivity contribution is -0.146. The number of hydrogen-bond acceptors (Lipinski definition) is 7. The highest BCUT2D eigenvalue weighted by molar-refractivity contribution is 5.80. The predicted octanol–water partition coefficient (Wildman–Crippen LogP) is 2.95. The first-order valence-electron chi connectivity index (χ1n) is 9.12. The van der Waals surface area contributed by atoms with Crippen LogP contribution in [0.5, 0.6) is 0 Å². The van der Waals surface area contributed by atoms with Gasteiger partial charge in [-0.05, 0) is 37.1 Å². The largest absolute Gasteiger partial charge is 0.454 e. The van der Waals surface area contributed by atoms with Crippen LogP contribution < -0.4 is 5.56 Å². The quantitative estimate of drug-likeness (QED) is 0.468. The second kappa shape index (κ2) is 7.86. The Balaban J connectivity index is 1.43. The number of aromatic nitrogens is 4. The van der Waals surface area contributed by atoms with Gasteiger partial charge in [-0.3, -0.25) is 14.2 Å². The highest BCUT2D eigenvalue weighted by atomic mass is 19.1. The fraction of sp³-hybridized carbons (Fsp3) is 0.190. The van der Waals surface area contributed by atoms with E-state index < -0.39 is 5.97 Å². The van der Waals surface area contributed by atoms with Crippen LogP contribution in [0.2, 0.25) is 0 Å². The SMILES string of the molecule is Cc1ccc(-c2noc(COC(=O)Cn3cnc4c(C)cccc4c3=O)n2)cc1F. The maximum Gasteiger partial charge on any atom is 0.326 e. The maximum atomic E-state index is 13.7. The molecule has 9 heteroatoms. The van der Waals surface area contributed by atoms with E-state index in [-0.39, 0.29) is 36.2 Å². The molecule has 0 aliphatic rings. The van der Waals surface area contributed by atoms with Crippen LogP contribution >= 0.6 is 0 Å². The molecule has 2 aromatic heterocycles. The van der Waals surface area contributed by atoms with Crippen molar-refractivity contribution in [3.63, 3.8) is 0 Å². The van der Waals surface area contributed by atoms with Gasteiger partial charge < -0.3 is 9.26 Å².